The molecule has 1 heterocycles. The molecule has 1 aliphatic rings. The Morgan fingerprint density at radius 3 is 2.33 bits per heavy atom. The van der Waals surface area contributed by atoms with Crippen LogP contribution in [0.2, 0.25) is 0 Å². The molecule has 1 aliphatic heterocycles. The second kappa shape index (κ2) is 5.90. The summed E-state index contributed by atoms with van der Waals surface area (Å²) in [4.78, 5) is 12.1. The van der Waals surface area contributed by atoms with Crippen LogP contribution in [0.15, 0.2) is 53.4 Å². The molecule has 0 aromatic heterocycles. The maximum Gasteiger partial charge on any atom is 0.424 e. The van der Waals surface area contributed by atoms with Crippen molar-refractivity contribution in [3.63, 3.8) is 0 Å². The van der Waals surface area contributed by atoms with Gasteiger partial charge < -0.3 is 4.74 Å². The Hall–Kier alpha value is -2.41. The van der Waals surface area contributed by atoms with Gasteiger partial charge in [0.05, 0.1) is 4.90 Å². The average Bonchev–Trinajstić information content (AvgIpc) is 2.83. The molecule has 0 saturated carbocycles. The van der Waals surface area contributed by atoms with Crippen LogP contribution in [-0.4, -0.2) is 24.9 Å². The number of carbonyl (C=O) groups excluding carboxylic acids is 1. The zero-order chi connectivity index (χ0) is 17.5. The fourth-order valence-corrected chi connectivity index (χ4v) is 4.28. The summed E-state index contributed by atoms with van der Waals surface area (Å²) in [6, 6.07) is 10.8. The van der Waals surface area contributed by atoms with Crippen molar-refractivity contribution in [1.29, 1.82) is 0 Å². The lowest BCUT2D eigenvalue weighted by Crippen LogP contribution is -2.35. The molecule has 1 amide bonds. The first kappa shape index (κ1) is 16.4. The Balaban J connectivity index is 2.11. The smallest absolute Gasteiger partial charge is 0.424 e. The van der Waals surface area contributed by atoms with E-state index >= 15 is 0 Å². The third kappa shape index (κ3) is 2.65. The van der Waals surface area contributed by atoms with E-state index in [9.17, 15) is 17.6 Å². The first-order valence-electron chi connectivity index (χ1n) is 7.38. The second-order valence-electron chi connectivity index (χ2n) is 5.67. The van der Waals surface area contributed by atoms with E-state index in [1.54, 1.807) is 25.1 Å². The average molecular weight is 349 g/mol. The molecule has 0 N–H and O–H groups in total. The van der Waals surface area contributed by atoms with Gasteiger partial charge in [-0.2, -0.15) is 4.31 Å². The molecule has 126 valence electrons. The summed E-state index contributed by atoms with van der Waals surface area (Å²) >= 11 is 0. The van der Waals surface area contributed by atoms with E-state index in [0.29, 0.717) is 4.31 Å². The van der Waals surface area contributed by atoms with Gasteiger partial charge in [0, 0.05) is 5.56 Å². The van der Waals surface area contributed by atoms with Crippen molar-refractivity contribution in [2.45, 2.75) is 30.9 Å². The molecule has 0 radical (unpaired) electrons. The summed E-state index contributed by atoms with van der Waals surface area (Å²) in [5, 5.41) is 0. The number of hydrogen-bond donors (Lipinski definition) is 0. The molecule has 2 atom stereocenters. The first-order chi connectivity index (χ1) is 11.3. The predicted molar refractivity (Wildman–Crippen MR) is 85.3 cm³/mol. The predicted octanol–water partition coefficient (Wildman–Crippen LogP) is 3.40. The molecule has 1 saturated heterocycles. The monoisotopic (exact) mass is 349 g/mol. The fraction of sp³-hybridized carbons (Fsp3) is 0.235. The normalized spacial score (nSPS) is 21.0. The van der Waals surface area contributed by atoms with Gasteiger partial charge in [0.25, 0.3) is 10.0 Å². The van der Waals surface area contributed by atoms with Gasteiger partial charge in [0.15, 0.2) is 0 Å². The van der Waals surface area contributed by atoms with Gasteiger partial charge in [-0.1, -0.05) is 35.9 Å². The van der Waals surface area contributed by atoms with E-state index in [0.717, 1.165) is 5.56 Å². The van der Waals surface area contributed by atoms with E-state index < -0.39 is 34.1 Å². The Labute approximate surface area is 139 Å². The summed E-state index contributed by atoms with van der Waals surface area (Å²) in [5.74, 6) is -0.586. The number of carbonyl (C=O) groups is 1. The van der Waals surface area contributed by atoms with Crippen molar-refractivity contribution < 1.29 is 22.3 Å². The minimum absolute atomic E-state index is 0.0412. The highest BCUT2D eigenvalue weighted by atomic mass is 32.2. The van der Waals surface area contributed by atoms with Crippen molar-refractivity contribution in [3.8, 4) is 0 Å². The van der Waals surface area contributed by atoms with Crippen molar-refractivity contribution in [1.82, 2.24) is 4.31 Å². The molecule has 2 aromatic carbocycles. The Morgan fingerprint density at radius 2 is 1.71 bits per heavy atom. The van der Waals surface area contributed by atoms with Crippen LogP contribution < -0.4 is 0 Å². The SMILES string of the molecule is Cc1ccc(S(=O)(=O)N2C(=O)O[C@H](C)[C@H]2c2ccccc2F)cc1. The number of benzene rings is 2. The molecule has 0 bridgehead atoms. The van der Waals surface area contributed by atoms with Crippen LogP contribution >= 0.6 is 0 Å². The number of amides is 1. The molecule has 24 heavy (non-hydrogen) atoms. The number of nitrogens with zero attached hydrogens (tertiary/aromatic N) is 1. The molecule has 1 fully saturated rings. The van der Waals surface area contributed by atoms with Crippen LogP contribution in [0.4, 0.5) is 9.18 Å². The highest BCUT2D eigenvalue weighted by Crippen LogP contribution is 2.38. The maximum absolute atomic E-state index is 14.2. The van der Waals surface area contributed by atoms with Crippen LogP contribution in [0.1, 0.15) is 24.1 Å². The van der Waals surface area contributed by atoms with E-state index in [4.69, 9.17) is 4.74 Å². The summed E-state index contributed by atoms with van der Waals surface area (Å²) in [5.41, 5.74) is 0.989. The first-order valence-corrected chi connectivity index (χ1v) is 8.82. The fourth-order valence-electron chi connectivity index (χ4n) is 2.75. The molecule has 2 aromatic rings. The quantitative estimate of drug-likeness (QED) is 0.852. The summed E-state index contributed by atoms with van der Waals surface area (Å²) in [6.45, 7) is 3.37. The molecule has 7 heteroatoms. The molecule has 0 aliphatic carbocycles. The van der Waals surface area contributed by atoms with Gasteiger partial charge >= 0.3 is 6.09 Å². The summed E-state index contributed by atoms with van der Waals surface area (Å²) in [6.07, 6.45) is -1.80. The van der Waals surface area contributed by atoms with E-state index in [-0.39, 0.29) is 10.5 Å². The van der Waals surface area contributed by atoms with Crippen molar-refractivity contribution >= 4 is 16.1 Å². The molecular weight excluding hydrogens is 333 g/mol. The van der Waals surface area contributed by atoms with Crippen LogP contribution in [0, 0.1) is 12.7 Å². The lowest BCUT2D eigenvalue weighted by molar-refractivity contribution is 0.139. The lowest BCUT2D eigenvalue weighted by Gasteiger charge is -2.23. The molecular formula is C17H16FNO4S. The number of rotatable bonds is 3. The zero-order valence-corrected chi connectivity index (χ0v) is 14.0. The largest absolute Gasteiger partial charge is 0.443 e. The van der Waals surface area contributed by atoms with Crippen LogP contribution in [0.25, 0.3) is 0 Å². The number of cyclic esters (lactones) is 1. The van der Waals surface area contributed by atoms with E-state index in [1.807, 2.05) is 6.92 Å². The van der Waals surface area contributed by atoms with Gasteiger partial charge in [-0.3, -0.25) is 0 Å². The van der Waals surface area contributed by atoms with Gasteiger partial charge in [-0.05, 0) is 32.0 Å². The van der Waals surface area contributed by atoms with E-state index in [1.165, 1.54) is 30.3 Å². The van der Waals surface area contributed by atoms with Crippen molar-refractivity contribution in [3.05, 3.63) is 65.5 Å². The number of hydrogen-bond acceptors (Lipinski definition) is 4. The van der Waals surface area contributed by atoms with Crippen LogP contribution in [0.3, 0.4) is 0 Å². The highest BCUT2D eigenvalue weighted by Gasteiger charge is 2.48. The van der Waals surface area contributed by atoms with Gasteiger partial charge in [0.1, 0.15) is 18.0 Å². The van der Waals surface area contributed by atoms with Crippen molar-refractivity contribution in [2.24, 2.45) is 0 Å². The third-order valence-electron chi connectivity index (χ3n) is 3.97. The zero-order valence-electron chi connectivity index (χ0n) is 13.1. The molecule has 0 spiro atoms. The molecule has 0 unspecified atom stereocenters. The summed E-state index contributed by atoms with van der Waals surface area (Å²) < 4.78 is 45.7. The number of halogens is 1. The van der Waals surface area contributed by atoms with Gasteiger partial charge in [-0.25, -0.2) is 17.6 Å². The number of ether oxygens (including phenoxy) is 1. The Morgan fingerprint density at radius 1 is 1.08 bits per heavy atom. The third-order valence-corrected chi connectivity index (χ3v) is 5.73. The number of sulfonamides is 1. The van der Waals surface area contributed by atoms with E-state index in [2.05, 4.69) is 0 Å². The molecule has 3 rings (SSSR count). The minimum atomic E-state index is -4.16. The lowest BCUT2D eigenvalue weighted by atomic mass is 10.0. The Kier molecular flexibility index (Phi) is 4.04. The highest BCUT2D eigenvalue weighted by molar-refractivity contribution is 7.89. The Bertz CT molecular complexity index is 880. The summed E-state index contributed by atoms with van der Waals surface area (Å²) in [7, 11) is -4.16. The standard InChI is InChI=1S/C17H16FNO4S/c1-11-7-9-13(10-8-11)24(21,22)19-16(12(2)23-17(19)20)14-5-3-4-6-15(14)18/h3-10,12,16H,1-2H3/t12-,16+/m1/s1. The minimum Gasteiger partial charge on any atom is -0.443 e. The number of aryl methyl sites for hydroxylation is 1. The van der Waals surface area contributed by atoms with Gasteiger partial charge in [0.2, 0.25) is 0 Å². The van der Waals surface area contributed by atoms with Crippen molar-refractivity contribution in [2.75, 3.05) is 0 Å². The maximum atomic E-state index is 14.2. The van der Waals surface area contributed by atoms with Gasteiger partial charge in [-0.15, -0.1) is 0 Å². The van der Waals surface area contributed by atoms with Crippen LogP contribution in [-0.2, 0) is 14.8 Å². The topological polar surface area (TPSA) is 63.7 Å². The molecule has 5 nitrogen and oxygen atoms in total. The van der Waals surface area contributed by atoms with Crippen LogP contribution in [0.5, 0.6) is 0 Å². The second-order valence-corrected chi connectivity index (χ2v) is 7.48.